The zero-order valence-corrected chi connectivity index (χ0v) is 15.4. The SMILES string of the molecule is Cc1nc(Cc2ccccc2)sc1C(=O)N/N=C\c1c(F)cccc1Cl. The van der Waals surface area contributed by atoms with E-state index in [1.807, 2.05) is 30.3 Å². The smallest absolute Gasteiger partial charge is 0.266 e. The predicted molar refractivity (Wildman–Crippen MR) is 103 cm³/mol. The number of carbonyl (C=O) groups is 1. The number of hydrogen-bond donors (Lipinski definition) is 1. The molecule has 1 heterocycles. The molecule has 3 aromatic rings. The molecule has 0 atom stereocenters. The number of hydrazone groups is 1. The average molecular weight is 388 g/mol. The zero-order chi connectivity index (χ0) is 18.5. The Morgan fingerprint density at radius 1 is 1.27 bits per heavy atom. The topological polar surface area (TPSA) is 54.4 Å². The Labute approximate surface area is 159 Å². The first-order chi connectivity index (χ1) is 12.5. The molecule has 0 bridgehead atoms. The van der Waals surface area contributed by atoms with Crippen LogP contribution in [-0.2, 0) is 6.42 Å². The molecule has 1 N–H and O–H groups in total. The number of carbonyl (C=O) groups excluding carboxylic acids is 1. The van der Waals surface area contributed by atoms with Crippen LogP contribution in [0.4, 0.5) is 4.39 Å². The first-order valence-corrected chi connectivity index (χ1v) is 9.01. The Hall–Kier alpha value is -2.57. The molecule has 1 amide bonds. The molecule has 3 rings (SSSR count). The lowest BCUT2D eigenvalue weighted by Crippen LogP contribution is -2.17. The second kappa shape index (κ2) is 8.21. The van der Waals surface area contributed by atoms with Crippen LogP contribution < -0.4 is 5.43 Å². The number of benzene rings is 2. The van der Waals surface area contributed by atoms with E-state index in [9.17, 15) is 9.18 Å². The molecule has 0 radical (unpaired) electrons. The van der Waals surface area contributed by atoms with Crippen molar-refractivity contribution >= 4 is 35.1 Å². The predicted octanol–water partition coefficient (Wildman–Crippen LogP) is 4.60. The second-order valence-electron chi connectivity index (χ2n) is 5.52. The molecule has 1 aromatic heterocycles. The van der Waals surface area contributed by atoms with Gasteiger partial charge in [0.1, 0.15) is 10.7 Å². The number of nitrogens with zero attached hydrogens (tertiary/aromatic N) is 2. The molecule has 0 aliphatic carbocycles. The van der Waals surface area contributed by atoms with E-state index in [0.717, 1.165) is 10.6 Å². The second-order valence-corrected chi connectivity index (χ2v) is 7.01. The van der Waals surface area contributed by atoms with E-state index in [1.54, 1.807) is 13.0 Å². The van der Waals surface area contributed by atoms with Crippen LogP contribution in [0.1, 0.15) is 31.5 Å². The van der Waals surface area contributed by atoms with E-state index in [4.69, 9.17) is 11.6 Å². The molecular weight excluding hydrogens is 373 g/mol. The number of aromatic nitrogens is 1. The molecule has 0 spiro atoms. The van der Waals surface area contributed by atoms with Crippen molar-refractivity contribution in [1.82, 2.24) is 10.4 Å². The number of nitrogens with one attached hydrogen (secondary N) is 1. The summed E-state index contributed by atoms with van der Waals surface area (Å²) in [5, 5.41) is 4.88. The maximum absolute atomic E-state index is 13.7. The lowest BCUT2D eigenvalue weighted by atomic mass is 10.2. The van der Waals surface area contributed by atoms with Crippen molar-refractivity contribution in [3.63, 3.8) is 0 Å². The monoisotopic (exact) mass is 387 g/mol. The molecule has 2 aromatic carbocycles. The molecule has 0 unspecified atom stereocenters. The fraction of sp³-hybridized carbons (Fsp3) is 0.105. The quantitative estimate of drug-likeness (QED) is 0.514. The first-order valence-electron chi connectivity index (χ1n) is 7.82. The summed E-state index contributed by atoms with van der Waals surface area (Å²) in [6, 6.07) is 14.2. The van der Waals surface area contributed by atoms with Crippen molar-refractivity contribution in [3.05, 3.63) is 86.1 Å². The van der Waals surface area contributed by atoms with Gasteiger partial charge in [-0.1, -0.05) is 48.0 Å². The number of hydrogen-bond acceptors (Lipinski definition) is 4. The van der Waals surface area contributed by atoms with E-state index < -0.39 is 5.82 Å². The highest BCUT2D eigenvalue weighted by Crippen LogP contribution is 2.21. The van der Waals surface area contributed by atoms with Crippen LogP contribution in [0.15, 0.2) is 53.6 Å². The zero-order valence-electron chi connectivity index (χ0n) is 13.9. The first kappa shape index (κ1) is 18.2. The van der Waals surface area contributed by atoms with Gasteiger partial charge in [-0.05, 0) is 24.6 Å². The Morgan fingerprint density at radius 2 is 2.04 bits per heavy atom. The lowest BCUT2D eigenvalue weighted by molar-refractivity contribution is 0.0958. The van der Waals surface area contributed by atoms with E-state index in [1.165, 1.54) is 29.7 Å². The fourth-order valence-corrected chi connectivity index (χ4v) is 3.55. The Bertz CT molecular complexity index is 936. The van der Waals surface area contributed by atoms with Gasteiger partial charge in [0.05, 0.1) is 21.9 Å². The van der Waals surface area contributed by atoms with Gasteiger partial charge in [0.25, 0.3) is 5.91 Å². The third kappa shape index (κ3) is 4.33. The summed E-state index contributed by atoms with van der Waals surface area (Å²) in [4.78, 5) is 17.2. The van der Waals surface area contributed by atoms with E-state index in [0.29, 0.717) is 17.0 Å². The maximum Gasteiger partial charge on any atom is 0.283 e. The molecule has 132 valence electrons. The van der Waals surface area contributed by atoms with Crippen LogP contribution in [0, 0.1) is 12.7 Å². The Balaban J connectivity index is 1.69. The van der Waals surface area contributed by atoms with Gasteiger partial charge in [-0.3, -0.25) is 4.79 Å². The minimum absolute atomic E-state index is 0.125. The van der Waals surface area contributed by atoms with E-state index >= 15 is 0 Å². The molecule has 0 saturated carbocycles. The number of aryl methyl sites for hydroxylation is 1. The molecule has 0 aliphatic heterocycles. The molecule has 0 aliphatic rings. The molecule has 7 heteroatoms. The van der Waals surface area contributed by atoms with Crippen molar-refractivity contribution in [2.75, 3.05) is 0 Å². The molecule has 26 heavy (non-hydrogen) atoms. The highest BCUT2D eigenvalue weighted by molar-refractivity contribution is 7.13. The minimum atomic E-state index is -0.505. The van der Waals surface area contributed by atoms with Gasteiger partial charge in [-0.25, -0.2) is 14.8 Å². The summed E-state index contributed by atoms with van der Waals surface area (Å²) in [5.41, 5.74) is 4.28. The van der Waals surface area contributed by atoms with Crippen LogP contribution >= 0.6 is 22.9 Å². The summed E-state index contributed by atoms with van der Waals surface area (Å²) >= 11 is 7.23. The summed E-state index contributed by atoms with van der Waals surface area (Å²) in [6.45, 7) is 1.78. The van der Waals surface area contributed by atoms with Gasteiger partial charge < -0.3 is 0 Å². The lowest BCUT2D eigenvalue weighted by Gasteiger charge is -2.00. The van der Waals surface area contributed by atoms with Crippen LogP contribution in [-0.4, -0.2) is 17.1 Å². The number of thiazole rings is 1. The van der Waals surface area contributed by atoms with Gasteiger partial charge in [-0.2, -0.15) is 5.10 Å². The van der Waals surface area contributed by atoms with Crippen molar-refractivity contribution in [1.29, 1.82) is 0 Å². The highest BCUT2D eigenvalue weighted by atomic mass is 35.5. The van der Waals surface area contributed by atoms with Gasteiger partial charge in [-0.15, -0.1) is 11.3 Å². The van der Waals surface area contributed by atoms with Crippen molar-refractivity contribution < 1.29 is 9.18 Å². The molecule has 0 saturated heterocycles. The standard InChI is InChI=1S/C19H15ClFN3OS/c1-12-18(26-17(23-12)10-13-6-3-2-4-7-13)19(25)24-22-11-14-15(20)8-5-9-16(14)21/h2-9,11H,10H2,1H3,(H,24,25)/b22-11-. The van der Waals surface area contributed by atoms with E-state index in [2.05, 4.69) is 15.5 Å². The van der Waals surface area contributed by atoms with Crippen LogP contribution in [0.2, 0.25) is 5.02 Å². The number of amides is 1. The molecular formula is C19H15ClFN3OS. The summed E-state index contributed by atoms with van der Waals surface area (Å²) < 4.78 is 13.7. The van der Waals surface area contributed by atoms with E-state index in [-0.39, 0.29) is 16.5 Å². The third-order valence-electron chi connectivity index (χ3n) is 3.60. The van der Waals surface area contributed by atoms with Crippen LogP contribution in [0.25, 0.3) is 0 Å². The van der Waals surface area contributed by atoms with Crippen LogP contribution in [0.3, 0.4) is 0 Å². The van der Waals surface area contributed by atoms with Gasteiger partial charge in [0.15, 0.2) is 0 Å². The summed E-state index contributed by atoms with van der Waals surface area (Å²) in [6.07, 6.45) is 1.85. The Morgan fingerprint density at radius 3 is 2.77 bits per heavy atom. The largest absolute Gasteiger partial charge is 0.283 e. The number of rotatable bonds is 5. The fourth-order valence-electron chi connectivity index (χ4n) is 2.35. The third-order valence-corrected chi connectivity index (χ3v) is 5.09. The average Bonchev–Trinajstić information content (AvgIpc) is 2.98. The maximum atomic E-state index is 13.7. The van der Waals surface area contributed by atoms with Crippen molar-refractivity contribution in [3.8, 4) is 0 Å². The van der Waals surface area contributed by atoms with Crippen molar-refractivity contribution in [2.24, 2.45) is 5.10 Å². The van der Waals surface area contributed by atoms with Crippen molar-refractivity contribution in [2.45, 2.75) is 13.3 Å². The minimum Gasteiger partial charge on any atom is -0.266 e. The number of halogens is 2. The Kier molecular flexibility index (Phi) is 5.75. The normalized spacial score (nSPS) is 11.0. The van der Waals surface area contributed by atoms with Gasteiger partial charge in [0, 0.05) is 12.0 Å². The summed E-state index contributed by atoms with van der Waals surface area (Å²) in [5.74, 6) is -0.891. The van der Waals surface area contributed by atoms with Gasteiger partial charge >= 0.3 is 0 Å². The molecule has 0 fully saturated rings. The highest BCUT2D eigenvalue weighted by Gasteiger charge is 2.15. The molecule has 4 nitrogen and oxygen atoms in total. The van der Waals surface area contributed by atoms with Gasteiger partial charge in [0.2, 0.25) is 0 Å². The van der Waals surface area contributed by atoms with Crippen LogP contribution in [0.5, 0.6) is 0 Å². The summed E-state index contributed by atoms with van der Waals surface area (Å²) in [7, 11) is 0.